The van der Waals surface area contributed by atoms with Crippen LogP contribution >= 0.6 is 0 Å². The van der Waals surface area contributed by atoms with Gasteiger partial charge in [0.05, 0.1) is 5.52 Å². The van der Waals surface area contributed by atoms with Crippen LogP contribution in [0.5, 0.6) is 0 Å². The first kappa shape index (κ1) is 14.6. The highest BCUT2D eigenvalue weighted by molar-refractivity contribution is 5.92. The fourth-order valence-corrected chi connectivity index (χ4v) is 5.32. The Hall–Kier alpha value is -1.68. The van der Waals surface area contributed by atoms with Gasteiger partial charge in [-0.15, -0.1) is 0 Å². The van der Waals surface area contributed by atoms with Crippen LogP contribution in [0.25, 0.3) is 10.9 Å². The molecule has 0 bridgehead atoms. The van der Waals surface area contributed by atoms with Crippen LogP contribution < -0.4 is 4.90 Å². The van der Waals surface area contributed by atoms with E-state index in [1.54, 1.807) is 12.1 Å². The zero-order chi connectivity index (χ0) is 16.3. The molecule has 5 rings (SSSR count). The largest absolute Gasteiger partial charge is 0.370 e. The minimum atomic E-state index is -0.174. The Bertz CT molecular complexity index is 790. The number of aryl methyl sites for hydroxylation is 1. The third kappa shape index (κ3) is 2.23. The van der Waals surface area contributed by atoms with Gasteiger partial charge in [0.2, 0.25) is 0 Å². The number of aromatic nitrogens is 1. The van der Waals surface area contributed by atoms with Crippen molar-refractivity contribution in [3.63, 3.8) is 0 Å². The van der Waals surface area contributed by atoms with E-state index < -0.39 is 0 Å². The molecule has 4 heteroatoms. The zero-order valence-corrected chi connectivity index (χ0v) is 14.2. The molecule has 0 amide bonds. The minimum Gasteiger partial charge on any atom is -0.370 e. The summed E-state index contributed by atoms with van der Waals surface area (Å²) < 4.78 is 13.8. The summed E-state index contributed by atoms with van der Waals surface area (Å²) in [6.45, 7) is 6.79. The quantitative estimate of drug-likeness (QED) is 0.798. The summed E-state index contributed by atoms with van der Waals surface area (Å²) in [5, 5.41) is 0.959. The highest BCUT2D eigenvalue weighted by Gasteiger charge is 2.47. The second-order valence-electron chi connectivity index (χ2n) is 7.83. The summed E-state index contributed by atoms with van der Waals surface area (Å²) in [6.07, 6.45) is 4.11. The van der Waals surface area contributed by atoms with Crippen molar-refractivity contribution in [1.82, 2.24) is 9.88 Å². The van der Waals surface area contributed by atoms with E-state index in [-0.39, 0.29) is 5.82 Å². The average molecular weight is 325 g/mol. The van der Waals surface area contributed by atoms with Crippen molar-refractivity contribution in [3.8, 4) is 0 Å². The van der Waals surface area contributed by atoms with E-state index in [9.17, 15) is 4.39 Å². The van der Waals surface area contributed by atoms with Gasteiger partial charge in [-0.1, -0.05) is 6.42 Å². The summed E-state index contributed by atoms with van der Waals surface area (Å²) in [5.41, 5.74) is 3.09. The summed E-state index contributed by atoms with van der Waals surface area (Å²) in [5.74, 6) is 1.37. The second-order valence-corrected chi connectivity index (χ2v) is 7.83. The number of pyridine rings is 1. The number of hydrogen-bond donors (Lipinski definition) is 0. The maximum Gasteiger partial charge on any atom is 0.124 e. The van der Waals surface area contributed by atoms with Gasteiger partial charge < -0.3 is 4.90 Å². The lowest BCUT2D eigenvalue weighted by Gasteiger charge is -2.33. The van der Waals surface area contributed by atoms with Crippen molar-refractivity contribution in [1.29, 1.82) is 0 Å². The number of piperidine rings is 1. The third-order valence-electron chi connectivity index (χ3n) is 6.34. The number of fused-ring (bicyclic) bond motifs is 4. The minimum absolute atomic E-state index is 0.174. The standard InChI is InChI=1S/C20H24FN3/c1-13-8-20(16-9-15(21)5-6-18(16)22-13)24-11-14-10-23-7-3-2-4-19(23)17(14)12-24/h5-6,8-9,14,17,19H,2-4,7,10-12H2,1H3. The van der Waals surface area contributed by atoms with Crippen LogP contribution in [0.1, 0.15) is 25.0 Å². The molecular weight excluding hydrogens is 301 g/mol. The Morgan fingerprint density at radius 3 is 2.96 bits per heavy atom. The molecule has 3 fully saturated rings. The van der Waals surface area contributed by atoms with Crippen LogP contribution in [-0.2, 0) is 0 Å². The van der Waals surface area contributed by atoms with Gasteiger partial charge in [0, 0.05) is 42.4 Å². The van der Waals surface area contributed by atoms with Crippen LogP contribution in [0, 0.1) is 24.6 Å². The molecule has 3 unspecified atom stereocenters. The summed E-state index contributed by atoms with van der Waals surface area (Å²) >= 11 is 0. The predicted octanol–water partition coefficient (Wildman–Crippen LogP) is 3.60. The maximum absolute atomic E-state index is 13.8. The molecule has 2 aromatic rings. The van der Waals surface area contributed by atoms with Gasteiger partial charge >= 0.3 is 0 Å². The molecule has 0 radical (unpaired) electrons. The van der Waals surface area contributed by atoms with Gasteiger partial charge in [0.25, 0.3) is 0 Å². The molecule has 3 saturated heterocycles. The molecular formula is C20H24FN3. The van der Waals surface area contributed by atoms with Crippen molar-refractivity contribution in [3.05, 3.63) is 35.8 Å². The molecule has 3 aliphatic rings. The van der Waals surface area contributed by atoms with Gasteiger partial charge in [0.1, 0.15) is 5.82 Å². The first-order valence-electron chi connectivity index (χ1n) is 9.25. The monoisotopic (exact) mass is 325 g/mol. The van der Waals surface area contributed by atoms with E-state index in [1.807, 2.05) is 6.92 Å². The predicted molar refractivity (Wildman–Crippen MR) is 94.8 cm³/mol. The van der Waals surface area contributed by atoms with Crippen molar-refractivity contribution in [2.45, 2.75) is 32.2 Å². The third-order valence-corrected chi connectivity index (χ3v) is 6.34. The number of hydrogen-bond acceptors (Lipinski definition) is 3. The van der Waals surface area contributed by atoms with E-state index in [2.05, 4.69) is 20.9 Å². The normalized spacial score (nSPS) is 29.9. The summed E-state index contributed by atoms with van der Waals surface area (Å²) in [7, 11) is 0. The number of nitrogens with zero attached hydrogens (tertiary/aromatic N) is 3. The van der Waals surface area contributed by atoms with Crippen molar-refractivity contribution in [2.75, 3.05) is 31.1 Å². The summed E-state index contributed by atoms with van der Waals surface area (Å²) in [6, 6.07) is 7.89. The fourth-order valence-electron chi connectivity index (χ4n) is 5.32. The molecule has 3 aliphatic heterocycles. The second kappa shape index (κ2) is 5.41. The molecule has 0 N–H and O–H groups in total. The van der Waals surface area contributed by atoms with Gasteiger partial charge in [-0.2, -0.15) is 0 Å². The first-order valence-corrected chi connectivity index (χ1v) is 9.25. The van der Waals surface area contributed by atoms with Gasteiger partial charge in [-0.3, -0.25) is 9.88 Å². The summed E-state index contributed by atoms with van der Waals surface area (Å²) in [4.78, 5) is 9.81. The van der Waals surface area contributed by atoms with Gasteiger partial charge in [-0.25, -0.2) is 4.39 Å². The molecule has 0 spiro atoms. The molecule has 1 aromatic carbocycles. The van der Waals surface area contributed by atoms with Crippen LogP contribution in [-0.4, -0.2) is 42.1 Å². The topological polar surface area (TPSA) is 19.4 Å². The molecule has 3 nitrogen and oxygen atoms in total. The van der Waals surface area contributed by atoms with Gasteiger partial charge in [-0.05, 0) is 62.4 Å². The zero-order valence-electron chi connectivity index (χ0n) is 14.2. The van der Waals surface area contributed by atoms with Crippen molar-refractivity contribution >= 4 is 16.6 Å². The smallest absolute Gasteiger partial charge is 0.124 e. The highest BCUT2D eigenvalue weighted by Crippen LogP contribution is 2.42. The highest BCUT2D eigenvalue weighted by atomic mass is 19.1. The molecule has 126 valence electrons. The number of benzene rings is 1. The van der Waals surface area contributed by atoms with Crippen LogP contribution in [0.15, 0.2) is 24.3 Å². The number of anilines is 1. The molecule has 4 heterocycles. The lowest BCUT2D eigenvalue weighted by atomic mass is 9.90. The lowest BCUT2D eigenvalue weighted by molar-refractivity contribution is 0.173. The first-order chi connectivity index (χ1) is 11.7. The van der Waals surface area contributed by atoms with Crippen molar-refractivity contribution < 1.29 is 4.39 Å². The van der Waals surface area contributed by atoms with E-state index in [1.165, 1.54) is 44.1 Å². The molecule has 1 aromatic heterocycles. The van der Waals surface area contributed by atoms with Crippen LogP contribution in [0.2, 0.25) is 0 Å². The average Bonchev–Trinajstić information content (AvgIpc) is 3.12. The Kier molecular flexibility index (Phi) is 3.30. The Morgan fingerprint density at radius 1 is 1.12 bits per heavy atom. The van der Waals surface area contributed by atoms with Crippen molar-refractivity contribution in [2.24, 2.45) is 11.8 Å². The Labute approximate surface area is 142 Å². The SMILES string of the molecule is Cc1cc(N2CC3CN4CCCCC4C3C2)c2cc(F)ccc2n1. The molecule has 0 aliphatic carbocycles. The van der Waals surface area contributed by atoms with E-state index >= 15 is 0 Å². The van der Waals surface area contributed by atoms with Crippen LogP contribution in [0.3, 0.4) is 0 Å². The van der Waals surface area contributed by atoms with E-state index in [4.69, 9.17) is 0 Å². The fraction of sp³-hybridized carbons (Fsp3) is 0.550. The van der Waals surface area contributed by atoms with E-state index in [0.717, 1.165) is 47.6 Å². The van der Waals surface area contributed by atoms with Gasteiger partial charge in [0.15, 0.2) is 0 Å². The molecule has 3 atom stereocenters. The lowest BCUT2D eigenvalue weighted by Crippen LogP contribution is -2.39. The van der Waals surface area contributed by atoms with Crippen LogP contribution in [0.4, 0.5) is 10.1 Å². The number of rotatable bonds is 1. The van der Waals surface area contributed by atoms with E-state index in [0.29, 0.717) is 0 Å². The maximum atomic E-state index is 13.8. The Balaban J connectivity index is 1.50. The molecule has 0 saturated carbocycles. The molecule has 24 heavy (non-hydrogen) atoms. The number of halogens is 1. The Morgan fingerprint density at radius 2 is 2.04 bits per heavy atom.